The molecule has 1 aromatic rings. The van der Waals surface area contributed by atoms with Gasteiger partial charge >= 0.3 is 0 Å². The summed E-state index contributed by atoms with van der Waals surface area (Å²) in [6, 6.07) is 2.29. The van der Waals surface area contributed by atoms with Gasteiger partial charge in [0.05, 0.1) is 6.10 Å². The van der Waals surface area contributed by atoms with Gasteiger partial charge in [0, 0.05) is 22.9 Å². The number of aryl methyl sites for hydroxylation is 2. The minimum Gasteiger partial charge on any atom is -0.378 e. The first-order valence-corrected chi connectivity index (χ1v) is 6.95. The van der Waals surface area contributed by atoms with E-state index in [-0.39, 0.29) is 0 Å². The molecule has 0 saturated carbocycles. The van der Waals surface area contributed by atoms with E-state index < -0.39 is 0 Å². The zero-order valence-corrected chi connectivity index (χ0v) is 11.0. The van der Waals surface area contributed by atoms with Gasteiger partial charge < -0.3 is 10.1 Å². The van der Waals surface area contributed by atoms with Crippen molar-refractivity contribution in [2.45, 2.75) is 45.8 Å². The SMILES string of the molecule is Cc1cc(CNCCC2CCCO2)c(C)s1. The zero-order valence-electron chi connectivity index (χ0n) is 10.2. The molecule has 0 aliphatic carbocycles. The first-order valence-electron chi connectivity index (χ1n) is 6.14. The van der Waals surface area contributed by atoms with Crippen LogP contribution in [-0.4, -0.2) is 19.3 Å². The molecule has 0 spiro atoms. The highest BCUT2D eigenvalue weighted by atomic mass is 32.1. The van der Waals surface area contributed by atoms with Crippen molar-refractivity contribution in [1.82, 2.24) is 5.32 Å². The molecule has 1 atom stereocenters. The highest BCUT2D eigenvalue weighted by molar-refractivity contribution is 7.12. The maximum absolute atomic E-state index is 5.60. The Morgan fingerprint density at radius 1 is 1.50 bits per heavy atom. The van der Waals surface area contributed by atoms with E-state index in [9.17, 15) is 0 Å². The predicted molar refractivity (Wildman–Crippen MR) is 69.1 cm³/mol. The first kappa shape index (κ1) is 12.1. The highest BCUT2D eigenvalue weighted by Gasteiger charge is 2.14. The zero-order chi connectivity index (χ0) is 11.4. The summed E-state index contributed by atoms with van der Waals surface area (Å²) >= 11 is 1.89. The van der Waals surface area contributed by atoms with E-state index in [0.717, 1.165) is 26.1 Å². The van der Waals surface area contributed by atoms with E-state index in [4.69, 9.17) is 4.74 Å². The predicted octanol–water partition coefficient (Wildman–Crippen LogP) is 3.02. The van der Waals surface area contributed by atoms with E-state index in [1.54, 1.807) is 0 Å². The molecular weight excluding hydrogens is 218 g/mol. The van der Waals surface area contributed by atoms with E-state index in [1.807, 2.05) is 11.3 Å². The fraction of sp³-hybridized carbons (Fsp3) is 0.692. The summed E-state index contributed by atoms with van der Waals surface area (Å²) in [4.78, 5) is 2.86. The molecule has 16 heavy (non-hydrogen) atoms. The summed E-state index contributed by atoms with van der Waals surface area (Å²) in [5, 5.41) is 3.51. The number of rotatable bonds is 5. The minimum atomic E-state index is 0.512. The van der Waals surface area contributed by atoms with Crippen molar-refractivity contribution in [1.29, 1.82) is 0 Å². The van der Waals surface area contributed by atoms with Crippen molar-refractivity contribution in [3.8, 4) is 0 Å². The standard InChI is InChI=1S/C13H21NOS/c1-10-8-12(11(2)16-10)9-14-6-5-13-4-3-7-15-13/h8,13-14H,3-7,9H2,1-2H3. The third-order valence-electron chi connectivity index (χ3n) is 3.13. The quantitative estimate of drug-likeness (QED) is 0.798. The van der Waals surface area contributed by atoms with E-state index in [0.29, 0.717) is 6.10 Å². The molecule has 0 bridgehead atoms. The molecule has 1 aromatic heterocycles. The molecular formula is C13H21NOS. The fourth-order valence-electron chi connectivity index (χ4n) is 2.22. The van der Waals surface area contributed by atoms with Crippen molar-refractivity contribution in [3.05, 3.63) is 21.4 Å². The molecule has 1 aliphatic heterocycles. The molecule has 1 N–H and O–H groups in total. The molecule has 3 heteroatoms. The molecule has 2 rings (SSSR count). The van der Waals surface area contributed by atoms with Crippen molar-refractivity contribution in [2.24, 2.45) is 0 Å². The Morgan fingerprint density at radius 3 is 3.00 bits per heavy atom. The maximum Gasteiger partial charge on any atom is 0.0588 e. The molecule has 1 unspecified atom stereocenters. The van der Waals surface area contributed by atoms with Gasteiger partial charge in [0.25, 0.3) is 0 Å². The van der Waals surface area contributed by atoms with Gasteiger partial charge in [-0.3, -0.25) is 0 Å². The Kier molecular flexibility index (Phi) is 4.38. The van der Waals surface area contributed by atoms with Crippen molar-refractivity contribution in [3.63, 3.8) is 0 Å². The summed E-state index contributed by atoms with van der Waals surface area (Å²) in [5.41, 5.74) is 1.45. The topological polar surface area (TPSA) is 21.3 Å². The number of ether oxygens (including phenoxy) is 1. The summed E-state index contributed by atoms with van der Waals surface area (Å²) in [6.07, 6.45) is 4.16. The third-order valence-corrected chi connectivity index (χ3v) is 4.13. The van der Waals surface area contributed by atoms with Crippen LogP contribution in [0, 0.1) is 13.8 Å². The lowest BCUT2D eigenvalue weighted by atomic mass is 10.2. The van der Waals surface area contributed by atoms with Crippen LogP contribution in [0.4, 0.5) is 0 Å². The van der Waals surface area contributed by atoms with Crippen LogP contribution in [0.1, 0.15) is 34.6 Å². The third kappa shape index (κ3) is 3.30. The van der Waals surface area contributed by atoms with Crippen LogP contribution < -0.4 is 5.32 Å². The number of nitrogens with one attached hydrogen (secondary N) is 1. The highest BCUT2D eigenvalue weighted by Crippen LogP contribution is 2.20. The van der Waals surface area contributed by atoms with Crippen LogP contribution in [0.5, 0.6) is 0 Å². The second kappa shape index (κ2) is 5.80. The average molecular weight is 239 g/mol. The Morgan fingerprint density at radius 2 is 2.38 bits per heavy atom. The Hall–Kier alpha value is -0.380. The van der Waals surface area contributed by atoms with Crippen LogP contribution in [0.15, 0.2) is 6.07 Å². The van der Waals surface area contributed by atoms with Gasteiger partial charge in [0.15, 0.2) is 0 Å². The number of hydrogen-bond donors (Lipinski definition) is 1. The molecule has 1 fully saturated rings. The van der Waals surface area contributed by atoms with Gasteiger partial charge in [0.2, 0.25) is 0 Å². The Bertz CT molecular complexity index is 329. The molecule has 1 aliphatic rings. The van der Waals surface area contributed by atoms with Gasteiger partial charge in [-0.2, -0.15) is 0 Å². The monoisotopic (exact) mass is 239 g/mol. The summed E-state index contributed by atoms with van der Waals surface area (Å²) in [5.74, 6) is 0. The van der Waals surface area contributed by atoms with Crippen LogP contribution in [0.3, 0.4) is 0 Å². The lowest BCUT2D eigenvalue weighted by Crippen LogP contribution is -2.19. The molecule has 0 amide bonds. The van der Waals surface area contributed by atoms with Crippen molar-refractivity contribution in [2.75, 3.05) is 13.2 Å². The normalized spacial score (nSPS) is 20.5. The van der Waals surface area contributed by atoms with Gasteiger partial charge in [0.1, 0.15) is 0 Å². The van der Waals surface area contributed by atoms with Crippen LogP contribution in [0.25, 0.3) is 0 Å². The first-order chi connectivity index (χ1) is 7.75. The summed E-state index contributed by atoms with van der Waals surface area (Å²) in [6.45, 7) is 7.41. The lowest BCUT2D eigenvalue weighted by Gasteiger charge is -2.09. The summed E-state index contributed by atoms with van der Waals surface area (Å²) < 4.78 is 5.60. The molecule has 0 radical (unpaired) electrons. The number of thiophene rings is 1. The van der Waals surface area contributed by atoms with Gasteiger partial charge in [-0.25, -0.2) is 0 Å². The van der Waals surface area contributed by atoms with E-state index in [2.05, 4.69) is 25.2 Å². The van der Waals surface area contributed by atoms with Crippen LogP contribution in [-0.2, 0) is 11.3 Å². The van der Waals surface area contributed by atoms with Gasteiger partial charge in [-0.15, -0.1) is 11.3 Å². The molecule has 90 valence electrons. The second-order valence-corrected chi connectivity index (χ2v) is 6.00. The average Bonchev–Trinajstić information content (AvgIpc) is 2.84. The van der Waals surface area contributed by atoms with Crippen LogP contribution in [0.2, 0.25) is 0 Å². The van der Waals surface area contributed by atoms with Crippen molar-refractivity contribution < 1.29 is 4.74 Å². The number of hydrogen-bond acceptors (Lipinski definition) is 3. The smallest absolute Gasteiger partial charge is 0.0588 e. The van der Waals surface area contributed by atoms with Gasteiger partial charge in [-0.05, 0) is 51.3 Å². The molecule has 0 aromatic carbocycles. The summed E-state index contributed by atoms with van der Waals surface area (Å²) in [7, 11) is 0. The lowest BCUT2D eigenvalue weighted by molar-refractivity contribution is 0.104. The maximum atomic E-state index is 5.60. The molecule has 2 nitrogen and oxygen atoms in total. The second-order valence-electron chi connectivity index (χ2n) is 4.54. The van der Waals surface area contributed by atoms with Gasteiger partial charge in [-0.1, -0.05) is 0 Å². The molecule has 2 heterocycles. The van der Waals surface area contributed by atoms with Crippen molar-refractivity contribution >= 4 is 11.3 Å². The largest absolute Gasteiger partial charge is 0.378 e. The molecule has 1 saturated heterocycles. The fourth-order valence-corrected chi connectivity index (χ4v) is 3.16. The van der Waals surface area contributed by atoms with E-state index >= 15 is 0 Å². The Labute approximate surface area is 102 Å². The van der Waals surface area contributed by atoms with Crippen LogP contribution >= 0.6 is 11.3 Å². The minimum absolute atomic E-state index is 0.512. The Balaban J connectivity index is 1.65. The van der Waals surface area contributed by atoms with E-state index in [1.165, 1.54) is 28.2 Å².